The standard InChI is InChI=1S/C27H32N4O4/c1-33-22-9-7-21(8-10-22)19-35-26-18-25(30-13-15-34-16-14-30)28-27(29-26)31-12-11-24(32)23(31)17-20-5-3-2-4-6-20/h2-10,18,23-24,32H,11-17,19H2,1H3/t23-,24+/m0/s1. The first-order chi connectivity index (χ1) is 17.2. The Hall–Kier alpha value is -3.36. The largest absolute Gasteiger partial charge is 0.497 e. The highest BCUT2D eigenvalue weighted by Gasteiger charge is 2.35. The first kappa shape index (κ1) is 23.4. The van der Waals surface area contributed by atoms with Gasteiger partial charge in [-0.15, -0.1) is 0 Å². The molecule has 8 heteroatoms. The van der Waals surface area contributed by atoms with Gasteiger partial charge in [0.1, 0.15) is 18.2 Å². The summed E-state index contributed by atoms with van der Waals surface area (Å²) in [6.45, 7) is 3.96. The van der Waals surface area contributed by atoms with Crippen molar-refractivity contribution in [2.75, 3.05) is 49.8 Å². The summed E-state index contributed by atoms with van der Waals surface area (Å²) in [5.74, 6) is 2.75. The molecule has 2 atom stereocenters. The maximum atomic E-state index is 10.8. The molecule has 2 aliphatic rings. The second kappa shape index (κ2) is 10.9. The Balaban J connectivity index is 1.40. The molecule has 0 spiro atoms. The third-order valence-corrected chi connectivity index (χ3v) is 6.61. The van der Waals surface area contributed by atoms with Gasteiger partial charge >= 0.3 is 0 Å². The topological polar surface area (TPSA) is 80.2 Å². The van der Waals surface area contributed by atoms with Crippen molar-refractivity contribution >= 4 is 11.8 Å². The minimum Gasteiger partial charge on any atom is -0.497 e. The lowest BCUT2D eigenvalue weighted by Gasteiger charge is -2.30. The summed E-state index contributed by atoms with van der Waals surface area (Å²) in [5, 5.41) is 10.8. The molecule has 2 aromatic carbocycles. The monoisotopic (exact) mass is 476 g/mol. The summed E-state index contributed by atoms with van der Waals surface area (Å²) < 4.78 is 16.9. The van der Waals surface area contributed by atoms with Crippen LogP contribution in [0.4, 0.5) is 11.8 Å². The van der Waals surface area contributed by atoms with E-state index < -0.39 is 6.10 Å². The number of hydrogen-bond donors (Lipinski definition) is 1. The smallest absolute Gasteiger partial charge is 0.230 e. The summed E-state index contributed by atoms with van der Waals surface area (Å²) in [4.78, 5) is 14.0. The molecule has 0 radical (unpaired) electrons. The van der Waals surface area contributed by atoms with E-state index in [0.29, 0.717) is 44.6 Å². The number of aliphatic hydroxyl groups excluding tert-OH is 1. The van der Waals surface area contributed by atoms with Gasteiger partial charge in [0.2, 0.25) is 11.8 Å². The molecule has 2 saturated heterocycles. The van der Waals surface area contributed by atoms with Crippen LogP contribution in [0.2, 0.25) is 0 Å². The van der Waals surface area contributed by atoms with Gasteiger partial charge in [0.25, 0.3) is 0 Å². The highest BCUT2D eigenvalue weighted by molar-refractivity contribution is 5.49. The van der Waals surface area contributed by atoms with Gasteiger partial charge < -0.3 is 29.1 Å². The van der Waals surface area contributed by atoms with E-state index in [0.717, 1.165) is 36.6 Å². The maximum absolute atomic E-state index is 10.8. The maximum Gasteiger partial charge on any atom is 0.230 e. The van der Waals surface area contributed by atoms with Crippen molar-refractivity contribution in [3.63, 3.8) is 0 Å². The van der Waals surface area contributed by atoms with Crippen LogP contribution >= 0.6 is 0 Å². The predicted molar refractivity (Wildman–Crippen MR) is 134 cm³/mol. The zero-order valence-electron chi connectivity index (χ0n) is 20.0. The van der Waals surface area contributed by atoms with Gasteiger partial charge in [0.05, 0.1) is 32.5 Å². The highest BCUT2D eigenvalue weighted by Crippen LogP contribution is 2.30. The number of aliphatic hydroxyl groups is 1. The predicted octanol–water partition coefficient (Wildman–Crippen LogP) is 3.08. The minimum absolute atomic E-state index is 0.0909. The van der Waals surface area contributed by atoms with Crippen LogP contribution in [-0.2, 0) is 17.8 Å². The van der Waals surface area contributed by atoms with E-state index in [-0.39, 0.29) is 6.04 Å². The number of morpholine rings is 1. The van der Waals surface area contributed by atoms with E-state index in [1.807, 2.05) is 48.5 Å². The highest BCUT2D eigenvalue weighted by atomic mass is 16.5. The molecule has 8 nitrogen and oxygen atoms in total. The molecular weight excluding hydrogens is 444 g/mol. The molecule has 2 aliphatic heterocycles. The van der Waals surface area contributed by atoms with Gasteiger partial charge in [-0.25, -0.2) is 0 Å². The van der Waals surface area contributed by atoms with Gasteiger partial charge in [0.15, 0.2) is 0 Å². The average molecular weight is 477 g/mol. The number of aromatic nitrogens is 2. The Kier molecular flexibility index (Phi) is 7.30. The summed E-state index contributed by atoms with van der Waals surface area (Å²) in [5.41, 5.74) is 2.21. The van der Waals surface area contributed by atoms with Gasteiger partial charge in [-0.1, -0.05) is 42.5 Å². The van der Waals surface area contributed by atoms with Crippen LogP contribution in [0.15, 0.2) is 60.7 Å². The Morgan fingerprint density at radius 2 is 1.74 bits per heavy atom. The molecule has 1 aromatic heterocycles. The Morgan fingerprint density at radius 3 is 2.49 bits per heavy atom. The van der Waals surface area contributed by atoms with Crippen LogP contribution in [-0.4, -0.2) is 67.2 Å². The number of benzene rings is 2. The lowest BCUT2D eigenvalue weighted by atomic mass is 10.0. The summed E-state index contributed by atoms with van der Waals surface area (Å²) in [6.07, 6.45) is 0.981. The normalized spacial score (nSPS) is 20.2. The van der Waals surface area contributed by atoms with E-state index in [4.69, 9.17) is 24.2 Å². The molecule has 1 N–H and O–H groups in total. The molecule has 3 aromatic rings. The quantitative estimate of drug-likeness (QED) is 0.531. The second-order valence-electron chi connectivity index (χ2n) is 8.91. The van der Waals surface area contributed by atoms with Crippen molar-refractivity contribution in [3.8, 4) is 11.6 Å². The van der Waals surface area contributed by atoms with Gasteiger partial charge in [0, 0.05) is 25.7 Å². The number of nitrogens with zero attached hydrogens (tertiary/aromatic N) is 4. The van der Waals surface area contributed by atoms with Crippen molar-refractivity contribution in [1.29, 1.82) is 0 Å². The molecular formula is C27H32N4O4. The molecule has 0 unspecified atom stereocenters. The molecule has 0 bridgehead atoms. The third-order valence-electron chi connectivity index (χ3n) is 6.61. The number of methoxy groups -OCH3 is 1. The zero-order valence-corrected chi connectivity index (χ0v) is 20.0. The fraction of sp³-hybridized carbons (Fsp3) is 0.407. The molecule has 2 fully saturated rings. The second-order valence-corrected chi connectivity index (χ2v) is 8.91. The van der Waals surface area contributed by atoms with Crippen molar-refractivity contribution in [2.24, 2.45) is 0 Å². The van der Waals surface area contributed by atoms with Crippen molar-refractivity contribution in [1.82, 2.24) is 9.97 Å². The first-order valence-corrected chi connectivity index (χ1v) is 12.2. The van der Waals surface area contributed by atoms with Crippen molar-refractivity contribution < 1.29 is 19.3 Å². The molecule has 3 heterocycles. The molecule has 5 rings (SSSR count). The van der Waals surface area contributed by atoms with Crippen LogP contribution in [0.25, 0.3) is 0 Å². The summed E-state index contributed by atoms with van der Waals surface area (Å²) >= 11 is 0. The number of hydrogen-bond acceptors (Lipinski definition) is 8. The zero-order chi connectivity index (χ0) is 24.0. The van der Waals surface area contributed by atoms with E-state index in [2.05, 4.69) is 21.9 Å². The molecule has 184 valence electrons. The minimum atomic E-state index is -0.436. The fourth-order valence-electron chi connectivity index (χ4n) is 4.62. The number of ether oxygens (including phenoxy) is 3. The van der Waals surface area contributed by atoms with Crippen LogP contribution in [0.5, 0.6) is 11.6 Å². The van der Waals surface area contributed by atoms with E-state index in [1.54, 1.807) is 7.11 Å². The van der Waals surface area contributed by atoms with Crippen LogP contribution in [0.3, 0.4) is 0 Å². The molecule has 0 amide bonds. The number of anilines is 2. The third kappa shape index (κ3) is 5.66. The van der Waals surface area contributed by atoms with E-state index in [1.165, 1.54) is 5.56 Å². The van der Waals surface area contributed by atoms with Crippen LogP contribution < -0.4 is 19.3 Å². The summed E-state index contributed by atoms with van der Waals surface area (Å²) in [6, 6.07) is 19.9. The van der Waals surface area contributed by atoms with E-state index >= 15 is 0 Å². The van der Waals surface area contributed by atoms with Gasteiger partial charge in [-0.3, -0.25) is 0 Å². The van der Waals surface area contributed by atoms with Crippen LogP contribution in [0.1, 0.15) is 17.5 Å². The van der Waals surface area contributed by atoms with E-state index in [9.17, 15) is 5.11 Å². The Labute approximate surface area is 206 Å². The lowest BCUT2D eigenvalue weighted by Crippen LogP contribution is -2.39. The van der Waals surface area contributed by atoms with Crippen molar-refractivity contribution in [3.05, 3.63) is 71.8 Å². The SMILES string of the molecule is COc1ccc(COc2cc(N3CCOCC3)nc(N3CC[C@@H](O)[C@@H]3Cc3ccccc3)n2)cc1. The Bertz CT molecular complexity index is 1090. The molecule has 35 heavy (non-hydrogen) atoms. The van der Waals surface area contributed by atoms with Crippen LogP contribution in [0, 0.1) is 0 Å². The molecule has 0 saturated carbocycles. The average Bonchev–Trinajstić information content (AvgIpc) is 3.28. The van der Waals surface area contributed by atoms with Crippen molar-refractivity contribution in [2.45, 2.75) is 31.6 Å². The van der Waals surface area contributed by atoms with Gasteiger partial charge in [-0.05, 0) is 36.1 Å². The first-order valence-electron chi connectivity index (χ1n) is 12.2. The summed E-state index contributed by atoms with van der Waals surface area (Å²) in [7, 11) is 1.65. The number of rotatable bonds is 8. The lowest BCUT2D eigenvalue weighted by molar-refractivity contribution is 0.122. The molecule has 0 aliphatic carbocycles. The van der Waals surface area contributed by atoms with Gasteiger partial charge in [-0.2, -0.15) is 9.97 Å². The Morgan fingerprint density at radius 1 is 0.971 bits per heavy atom. The fourth-order valence-corrected chi connectivity index (χ4v) is 4.62.